The van der Waals surface area contributed by atoms with Gasteiger partial charge in [-0.15, -0.1) is 0 Å². The molecule has 0 radical (unpaired) electrons. The van der Waals surface area contributed by atoms with Gasteiger partial charge in [-0.3, -0.25) is 4.79 Å². The standard InChI is InChI=1S/C12H17ClN2O2/c1-15(7-6-12(14)16)8-9-17-11-4-2-10(13)3-5-11/h2-5H,6-9H2,1H3,(H2,14,16). The molecule has 0 aliphatic heterocycles. The number of rotatable bonds is 7. The van der Waals surface area contributed by atoms with Crippen molar-refractivity contribution in [2.24, 2.45) is 5.73 Å². The van der Waals surface area contributed by atoms with E-state index in [4.69, 9.17) is 22.1 Å². The lowest BCUT2D eigenvalue weighted by atomic mass is 10.3. The SMILES string of the molecule is CN(CCOc1ccc(Cl)cc1)CCC(N)=O. The molecule has 1 rings (SSSR count). The molecule has 0 heterocycles. The molecule has 0 unspecified atom stereocenters. The lowest BCUT2D eigenvalue weighted by Gasteiger charge is -2.15. The molecule has 0 fully saturated rings. The Bertz CT molecular complexity index is 354. The summed E-state index contributed by atoms with van der Waals surface area (Å²) in [5, 5.41) is 0.691. The Labute approximate surface area is 106 Å². The van der Waals surface area contributed by atoms with Gasteiger partial charge in [-0.05, 0) is 31.3 Å². The summed E-state index contributed by atoms with van der Waals surface area (Å²) in [4.78, 5) is 12.6. The first kappa shape index (κ1) is 13.8. The van der Waals surface area contributed by atoms with Gasteiger partial charge in [-0.25, -0.2) is 0 Å². The minimum absolute atomic E-state index is 0.282. The molecule has 0 bridgehead atoms. The predicted octanol–water partition coefficient (Wildman–Crippen LogP) is 1.53. The fourth-order valence-electron chi connectivity index (χ4n) is 1.26. The van der Waals surface area contributed by atoms with Crippen LogP contribution in [0.2, 0.25) is 5.02 Å². The number of primary amides is 1. The van der Waals surface area contributed by atoms with Crippen LogP contribution in [0.25, 0.3) is 0 Å². The van der Waals surface area contributed by atoms with Crippen LogP contribution in [-0.4, -0.2) is 37.6 Å². The summed E-state index contributed by atoms with van der Waals surface area (Å²) in [7, 11) is 1.92. The van der Waals surface area contributed by atoms with E-state index in [2.05, 4.69) is 0 Å². The quantitative estimate of drug-likeness (QED) is 0.805. The molecule has 1 aromatic rings. The van der Waals surface area contributed by atoms with Gasteiger partial charge >= 0.3 is 0 Å². The van der Waals surface area contributed by atoms with E-state index in [9.17, 15) is 4.79 Å². The average molecular weight is 257 g/mol. The summed E-state index contributed by atoms with van der Waals surface area (Å²) < 4.78 is 5.52. The molecule has 0 atom stereocenters. The molecular weight excluding hydrogens is 240 g/mol. The van der Waals surface area contributed by atoms with Crippen LogP contribution in [0.4, 0.5) is 0 Å². The summed E-state index contributed by atoms with van der Waals surface area (Å²) in [5.41, 5.74) is 5.07. The molecule has 0 aromatic heterocycles. The van der Waals surface area contributed by atoms with Crippen LogP contribution in [-0.2, 0) is 4.79 Å². The minimum atomic E-state index is -0.282. The van der Waals surface area contributed by atoms with E-state index in [0.29, 0.717) is 24.6 Å². The van der Waals surface area contributed by atoms with Crippen molar-refractivity contribution in [1.29, 1.82) is 0 Å². The highest BCUT2D eigenvalue weighted by Crippen LogP contribution is 2.15. The molecule has 5 heteroatoms. The summed E-state index contributed by atoms with van der Waals surface area (Å²) in [6.07, 6.45) is 0.372. The summed E-state index contributed by atoms with van der Waals surface area (Å²) in [5.74, 6) is 0.508. The topological polar surface area (TPSA) is 55.6 Å². The van der Waals surface area contributed by atoms with E-state index in [0.717, 1.165) is 12.3 Å². The Morgan fingerprint density at radius 2 is 2.00 bits per heavy atom. The van der Waals surface area contributed by atoms with Crippen molar-refractivity contribution in [3.05, 3.63) is 29.3 Å². The number of nitrogens with two attached hydrogens (primary N) is 1. The van der Waals surface area contributed by atoms with Gasteiger partial charge in [0, 0.05) is 24.5 Å². The van der Waals surface area contributed by atoms with Crippen LogP contribution < -0.4 is 10.5 Å². The van der Waals surface area contributed by atoms with Gasteiger partial charge < -0.3 is 15.4 Å². The van der Waals surface area contributed by atoms with Crippen molar-refractivity contribution in [1.82, 2.24) is 4.90 Å². The first-order chi connectivity index (χ1) is 8.08. The minimum Gasteiger partial charge on any atom is -0.492 e. The zero-order valence-electron chi connectivity index (χ0n) is 9.86. The highest BCUT2D eigenvalue weighted by molar-refractivity contribution is 6.30. The van der Waals surface area contributed by atoms with Gasteiger partial charge in [0.15, 0.2) is 0 Å². The molecule has 4 nitrogen and oxygen atoms in total. The Balaban J connectivity index is 2.18. The summed E-state index contributed by atoms with van der Waals surface area (Å²) in [6.45, 7) is 1.96. The summed E-state index contributed by atoms with van der Waals surface area (Å²) in [6, 6.07) is 7.22. The lowest BCUT2D eigenvalue weighted by Crippen LogP contribution is -2.28. The van der Waals surface area contributed by atoms with E-state index in [1.807, 2.05) is 24.1 Å². The Hall–Kier alpha value is -1.26. The zero-order valence-corrected chi connectivity index (χ0v) is 10.6. The van der Waals surface area contributed by atoms with Crippen molar-refractivity contribution in [3.63, 3.8) is 0 Å². The highest BCUT2D eigenvalue weighted by atomic mass is 35.5. The Morgan fingerprint density at radius 3 is 2.59 bits per heavy atom. The molecule has 0 saturated carbocycles. The van der Waals surface area contributed by atoms with Crippen LogP contribution in [0.15, 0.2) is 24.3 Å². The lowest BCUT2D eigenvalue weighted by molar-refractivity contribution is -0.118. The third kappa shape index (κ3) is 6.14. The monoisotopic (exact) mass is 256 g/mol. The van der Waals surface area contributed by atoms with Crippen molar-refractivity contribution in [2.45, 2.75) is 6.42 Å². The maximum atomic E-state index is 10.6. The number of carbonyl (C=O) groups is 1. The fraction of sp³-hybridized carbons (Fsp3) is 0.417. The molecule has 1 aromatic carbocycles. The van der Waals surface area contributed by atoms with E-state index < -0.39 is 0 Å². The average Bonchev–Trinajstić information content (AvgIpc) is 2.29. The molecule has 2 N–H and O–H groups in total. The Kier molecular flexibility index (Phi) is 5.80. The van der Waals surface area contributed by atoms with Gasteiger partial charge in [0.1, 0.15) is 12.4 Å². The maximum Gasteiger partial charge on any atom is 0.218 e. The van der Waals surface area contributed by atoms with Gasteiger partial charge in [0.2, 0.25) is 5.91 Å². The predicted molar refractivity (Wildman–Crippen MR) is 68.3 cm³/mol. The number of hydrogen-bond donors (Lipinski definition) is 1. The number of likely N-dealkylation sites (N-methyl/N-ethyl adjacent to an activating group) is 1. The number of hydrogen-bond acceptors (Lipinski definition) is 3. The first-order valence-electron chi connectivity index (χ1n) is 5.43. The maximum absolute atomic E-state index is 10.6. The number of benzene rings is 1. The molecule has 94 valence electrons. The van der Waals surface area contributed by atoms with Crippen molar-refractivity contribution in [3.8, 4) is 5.75 Å². The second-order valence-corrected chi connectivity index (χ2v) is 4.26. The zero-order chi connectivity index (χ0) is 12.7. The van der Waals surface area contributed by atoms with Crippen LogP contribution in [0.3, 0.4) is 0 Å². The molecular formula is C12H17ClN2O2. The Morgan fingerprint density at radius 1 is 1.35 bits per heavy atom. The van der Waals surface area contributed by atoms with Crippen LogP contribution in [0.5, 0.6) is 5.75 Å². The number of ether oxygens (including phenoxy) is 1. The van der Waals surface area contributed by atoms with Crippen LogP contribution in [0.1, 0.15) is 6.42 Å². The fourth-order valence-corrected chi connectivity index (χ4v) is 1.39. The van der Waals surface area contributed by atoms with E-state index >= 15 is 0 Å². The third-order valence-electron chi connectivity index (χ3n) is 2.30. The van der Waals surface area contributed by atoms with E-state index in [-0.39, 0.29) is 5.91 Å². The van der Waals surface area contributed by atoms with Crippen LogP contribution in [0, 0.1) is 0 Å². The molecule has 0 aliphatic rings. The van der Waals surface area contributed by atoms with Gasteiger partial charge in [-0.1, -0.05) is 11.6 Å². The van der Waals surface area contributed by atoms with E-state index in [1.165, 1.54) is 0 Å². The number of carbonyl (C=O) groups excluding carboxylic acids is 1. The molecule has 0 aliphatic carbocycles. The van der Waals surface area contributed by atoms with Gasteiger partial charge in [-0.2, -0.15) is 0 Å². The summed E-state index contributed by atoms with van der Waals surface area (Å²) >= 11 is 5.76. The van der Waals surface area contributed by atoms with Crippen molar-refractivity contribution in [2.75, 3.05) is 26.7 Å². The van der Waals surface area contributed by atoms with Gasteiger partial charge in [0.25, 0.3) is 0 Å². The largest absolute Gasteiger partial charge is 0.492 e. The third-order valence-corrected chi connectivity index (χ3v) is 2.55. The molecule has 0 spiro atoms. The molecule has 1 amide bonds. The number of nitrogens with zero attached hydrogens (tertiary/aromatic N) is 1. The van der Waals surface area contributed by atoms with Crippen molar-refractivity contribution < 1.29 is 9.53 Å². The molecule has 0 saturated heterocycles. The number of amides is 1. The highest BCUT2D eigenvalue weighted by Gasteiger charge is 2.01. The second kappa shape index (κ2) is 7.14. The smallest absolute Gasteiger partial charge is 0.218 e. The van der Waals surface area contributed by atoms with Gasteiger partial charge in [0.05, 0.1) is 0 Å². The number of halogens is 1. The first-order valence-corrected chi connectivity index (χ1v) is 5.81. The van der Waals surface area contributed by atoms with E-state index in [1.54, 1.807) is 12.1 Å². The second-order valence-electron chi connectivity index (χ2n) is 3.82. The van der Waals surface area contributed by atoms with Crippen molar-refractivity contribution >= 4 is 17.5 Å². The molecule has 17 heavy (non-hydrogen) atoms. The van der Waals surface area contributed by atoms with Crippen LogP contribution >= 0.6 is 11.6 Å². The normalized spacial score (nSPS) is 10.5.